The van der Waals surface area contributed by atoms with Crippen LogP contribution in [0.15, 0.2) is 64.9 Å². The van der Waals surface area contributed by atoms with E-state index in [4.69, 9.17) is 9.94 Å². The van der Waals surface area contributed by atoms with Gasteiger partial charge in [-0.2, -0.15) is 5.10 Å². The number of rotatable bonds is 6. The van der Waals surface area contributed by atoms with Crippen LogP contribution in [-0.2, 0) is 4.79 Å². The third kappa shape index (κ3) is 4.57. The highest BCUT2D eigenvalue weighted by atomic mass is 16.5. The van der Waals surface area contributed by atoms with E-state index in [2.05, 4.69) is 21.0 Å². The Labute approximate surface area is 139 Å². The van der Waals surface area contributed by atoms with Gasteiger partial charge in [0, 0.05) is 5.69 Å². The van der Waals surface area contributed by atoms with E-state index in [1.165, 1.54) is 0 Å². The molecular weight excluding hydrogens is 308 g/mol. The second-order valence-electron chi connectivity index (χ2n) is 4.81. The maximum Gasteiger partial charge on any atom is 0.279 e. The minimum absolute atomic E-state index is 0.181. The van der Waals surface area contributed by atoms with Crippen molar-refractivity contribution in [3.8, 4) is 5.75 Å². The van der Waals surface area contributed by atoms with Crippen LogP contribution in [0.1, 0.15) is 6.92 Å². The van der Waals surface area contributed by atoms with Crippen molar-refractivity contribution < 1.29 is 14.7 Å². The summed E-state index contributed by atoms with van der Waals surface area (Å²) < 4.78 is 5.07. The van der Waals surface area contributed by atoms with E-state index in [9.17, 15) is 4.79 Å². The van der Waals surface area contributed by atoms with E-state index in [1.54, 1.807) is 62.6 Å². The Bertz CT molecular complexity index is 740. The molecule has 0 atom stereocenters. The van der Waals surface area contributed by atoms with Crippen molar-refractivity contribution in [2.75, 3.05) is 17.9 Å². The first-order valence-corrected chi connectivity index (χ1v) is 7.17. The lowest BCUT2D eigenvalue weighted by atomic mass is 10.2. The lowest BCUT2D eigenvalue weighted by Crippen LogP contribution is -2.29. The summed E-state index contributed by atoms with van der Waals surface area (Å²) in [5.41, 5.74) is 4.15. The second-order valence-corrected chi connectivity index (χ2v) is 4.81. The molecule has 0 spiro atoms. The number of ether oxygens (including phenoxy) is 1. The summed E-state index contributed by atoms with van der Waals surface area (Å²) >= 11 is 0. The third-order valence-electron chi connectivity index (χ3n) is 3.13. The van der Waals surface area contributed by atoms with Crippen molar-refractivity contribution >= 4 is 28.7 Å². The van der Waals surface area contributed by atoms with Gasteiger partial charge in [0.05, 0.1) is 18.5 Å². The Morgan fingerprint density at radius 1 is 1.04 bits per heavy atom. The summed E-state index contributed by atoms with van der Waals surface area (Å²) in [6.45, 7) is 1.57. The van der Waals surface area contributed by atoms with Gasteiger partial charge in [0.1, 0.15) is 5.75 Å². The van der Waals surface area contributed by atoms with Crippen LogP contribution in [0.2, 0.25) is 0 Å². The third-order valence-corrected chi connectivity index (χ3v) is 3.13. The first-order chi connectivity index (χ1) is 11.6. The van der Waals surface area contributed by atoms with Crippen LogP contribution < -0.4 is 15.5 Å². The molecule has 0 fully saturated rings. The number of carbonyl (C=O) groups excluding carboxylic acids is 1. The average molecular weight is 326 g/mol. The number of anilines is 2. The molecule has 2 aromatic carbocycles. The van der Waals surface area contributed by atoms with Crippen LogP contribution >= 0.6 is 0 Å². The van der Waals surface area contributed by atoms with Gasteiger partial charge in [-0.25, -0.2) is 0 Å². The lowest BCUT2D eigenvalue weighted by Gasteiger charge is -2.07. The summed E-state index contributed by atoms with van der Waals surface area (Å²) in [5.74, 6) is 0.169. The topological polar surface area (TPSA) is 95.3 Å². The molecule has 0 aliphatic carbocycles. The standard InChI is InChI=1S/C17H18N4O3/c1-12(19-20-14-8-10-15(24-2)11-9-14)16(21-23)17(22)18-13-6-4-3-5-7-13/h3-11,20,23H,1-2H3,(H,18,22)/b19-12-,21-16+. The van der Waals surface area contributed by atoms with Gasteiger partial charge in [-0.15, -0.1) is 0 Å². The number of carbonyl (C=O) groups is 1. The predicted molar refractivity (Wildman–Crippen MR) is 94.0 cm³/mol. The molecule has 0 bridgehead atoms. The highest BCUT2D eigenvalue weighted by Gasteiger charge is 2.16. The molecule has 0 aliphatic heterocycles. The maximum atomic E-state index is 12.2. The highest BCUT2D eigenvalue weighted by molar-refractivity contribution is 6.68. The van der Waals surface area contributed by atoms with Gasteiger partial charge in [-0.05, 0) is 43.3 Å². The fourth-order valence-electron chi connectivity index (χ4n) is 1.86. The molecule has 3 N–H and O–H groups in total. The van der Waals surface area contributed by atoms with Crippen molar-refractivity contribution in [2.45, 2.75) is 6.92 Å². The Balaban J connectivity index is 2.04. The van der Waals surface area contributed by atoms with E-state index in [0.717, 1.165) is 5.75 Å². The van der Waals surface area contributed by atoms with Crippen molar-refractivity contribution in [2.24, 2.45) is 10.3 Å². The molecule has 2 rings (SSSR count). The molecule has 2 aromatic rings. The number of benzene rings is 2. The van der Waals surface area contributed by atoms with Crippen molar-refractivity contribution in [3.05, 3.63) is 54.6 Å². The van der Waals surface area contributed by atoms with Gasteiger partial charge in [-0.1, -0.05) is 23.4 Å². The molecule has 7 heteroatoms. The molecule has 0 saturated carbocycles. The fraction of sp³-hybridized carbons (Fsp3) is 0.118. The van der Waals surface area contributed by atoms with E-state index in [1.807, 2.05) is 6.07 Å². The monoisotopic (exact) mass is 326 g/mol. The fourth-order valence-corrected chi connectivity index (χ4v) is 1.86. The minimum Gasteiger partial charge on any atom is -0.497 e. The van der Waals surface area contributed by atoms with Crippen LogP contribution in [0, 0.1) is 0 Å². The van der Waals surface area contributed by atoms with Crippen LogP contribution in [0.3, 0.4) is 0 Å². The zero-order valence-electron chi connectivity index (χ0n) is 13.4. The molecule has 124 valence electrons. The van der Waals surface area contributed by atoms with Crippen molar-refractivity contribution in [1.29, 1.82) is 0 Å². The summed E-state index contributed by atoms with van der Waals surface area (Å²) in [6, 6.07) is 16.0. The Kier molecular flexibility index (Phi) is 5.90. The average Bonchev–Trinajstić information content (AvgIpc) is 2.62. The number of hydrogen-bond acceptors (Lipinski definition) is 6. The first kappa shape index (κ1) is 17.0. The van der Waals surface area contributed by atoms with Gasteiger partial charge in [0.2, 0.25) is 0 Å². The van der Waals surface area contributed by atoms with Crippen LogP contribution in [0.25, 0.3) is 0 Å². The Hall–Kier alpha value is -3.35. The number of oxime groups is 1. The van der Waals surface area contributed by atoms with Crippen LogP contribution in [-0.4, -0.2) is 29.6 Å². The number of hydrazone groups is 1. The Morgan fingerprint density at radius 3 is 2.29 bits per heavy atom. The van der Waals surface area contributed by atoms with Crippen LogP contribution in [0.4, 0.5) is 11.4 Å². The quantitative estimate of drug-likeness (QED) is 0.432. The van der Waals surface area contributed by atoms with E-state index in [-0.39, 0.29) is 11.4 Å². The number of para-hydroxylation sites is 1. The number of nitrogens with zero attached hydrogens (tertiary/aromatic N) is 2. The molecule has 7 nitrogen and oxygen atoms in total. The minimum atomic E-state index is -0.554. The lowest BCUT2D eigenvalue weighted by molar-refractivity contribution is -0.110. The predicted octanol–water partition coefficient (Wildman–Crippen LogP) is 2.95. The van der Waals surface area contributed by atoms with Gasteiger partial charge in [-0.3, -0.25) is 10.2 Å². The van der Waals surface area contributed by atoms with E-state index >= 15 is 0 Å². The van der Waals surface area contributed by atoms with E-state index < -0.39 is 5.91 Å². The molecule has 0 aliphatic rings. The number of amides is 1. The number of hydrogen-bond donors (Lipinski definition) is 3. The SMILES string of the molecule is COc1ccc(N/N=C(C)\C(=N/O)C(=O)Nc2ccccc2)cc1. The van der Waals surface area contributed by atoms with E-state index in [0.29, 0.717) is 11.4 Å². The molecule has 0 radical (unpaired) electrons. The molecular formula is C17H18N4O3. The zero-order chi connectivity index (χ0) is 17.4. The van der Waals surface area contributed by atoms with Crippen molar-refractivity contribution in [3.63, 3.8) is 0 Å². The molecule has 0 aromatic heterocycles. The molecule has 24 heavy (non-hydrogen) atoms. The molecule has 0 heterocycles. The molecule has 0 saturated heterocycles. The second kappa shape index (κ2) is 8.33. The summed E-state index contributed by atoms with van der Waals surface area (Å²) in [7, 11) is 1.58. The van der Waals surface area contributed by atoms with Gasteiger partial charge in [0.25, 0.3) is 5.91 Å². The molecule has 1 amide bonds. The normalized spacial score (nSPS) is 11.8. The molecule has 0 unspecified atom stereocenters. The van der Waals surface area contributed by atoms with Crippen LogP contribution in [0.5, 0.6) is 5.75 Å². The maximum absolute atomic E-state index is 12.2. The zero-order valence-corrected chi connectivity index (χ0v) is 13.4. The Morgan fingerprint density at radius 2 is 1.71 bits per heavy atom. The number of methoxy groups -OCH3 is 1. The van der Waals surface area contributed by atoms with Crippen molar-refractivity contribution in [1.82, 2.24) is 0 Å². The van der Waals surface area contributed by atoms with Gasteiger partial charge < -0.3 is 15.3 Å². The summed E-state index contributed by atoms with van der Waals surface area (Å²) in [4.78, 5) is 12.2. The summed E-state index contributed by atoms with van der Waals surface area (Å²) in [5, 5.41) is 18.8. The smallest absolute Gasteiger partial charge is 0.279 e. The largest absolute Gasteiger partial charge is 0.497 e. The van der Waals surface area contributed by atoms with Gasteiger partial charge in [0.15, 0.2) is 5.71 Å². The summed E-state index contributed by atoms with van der Waals surface area (Å²) in [6.07, 6.45) is 0. The first-order valence-electron chi connectivity index (χ1n) is 7.17. The van der Waals surface area contributed by atoms with Gasteiger partial charge >= 0.3 is 0 Å². The highest BCUT2D eigenvalue weighted by Crippen LogP contribution is 2.15. The number of nitrogens with one attached hydrogen (secondary N) is 2.